The molecule has 0 bridgehead atoms. The third-order valence-electron chi connectivity index (χ3n) is 4.64. The molecule has 3 rings (SSSR count). The number of nitrogens with zero attached hydrogens (tertiary/aromatic N) is 1. The largest absolute Gasteiger partial charge is 0.369 e. The van der Waals surface area contributed by atoms with Crippen molar-refractivity contribution in [3.05, 3.63) is 51.7 Å². The second-order valence-electron chi connectivity index (χ2n) is 6.64. The van der Waals surface area contributed by atoms with Crippen LogP contribution in [0.2, 0.25) is 0 Å². The lowest BCUT2D eigenvalue weighted by atomic mass is 9.80. The van der Waals surface area contributed by atoms with Crippen molar-refractivity contribution in [3.8, 4) is 0 Å². The van der Waals surface area contributed by atoms with Gasteiger partial charge in [-0.05, 0) is 67.0 Å². The van der Waals surface area contributed by atoms with Crippen molar-refractivity contribution >= 4 is 29.2 Å². The zero-order chi connectivity index (χ0) is 15.0. The van der Waals surface area contributed by atoms with Crippen molar-refractivity contribution in [2.24, 2.45) is 0 Å². The summed E-state index contributed by atoms with van der Waals surface area (Å²) in [5.41, 5.74) is 4.39. The van der Waals surface area contributed by atoms with Crippen molar-refractivity contribution in [2.45, 2.75) is 38.6 Å². The summed E-state index contributed by atoms with van der Waals surface area (Å²) in [4.78, 5) is 3.73. The SMILES string of the molecule is CC1CC(C)(C)N(C)c2ccc(C=Cc3cccs3)cc21. The van der Waals surface area contributed by atoms with E-state index in [1.54, 1.807) is 11.3 Å². The van der Waals surface area contributed by atoms with Gasteiger partial charge in [0.1, 0.15) is 0 Å². The topological polar surface area (TPSA) is 3.24 Å². The maximum absolute atomic E-state index is 2.43. The molecule has 0 radical (unpaired) electrons. The highest BCUT2D eigenvalue weighted by molar-refractivity contribution is 7.10. The zero-order valence-corrected chi connectivity index (χ0v) is 14.1. The van der Waals surface area contributed by atoms with Crippen molar-refractivity contribution in [3.63, 3.8) is 0 Å². The summed E-state index contributed by atoms with van der Waals surface area (Å²) in [6.45, 7) is 7.01. The average Bonchev–Trinajstić information content (AvgIpc) is 2.95. The molecule has 2 aromatic rings. The molecule has 1 aliphatic rings. The van der Waals surface area contributed by atoms with Crippen LogP contribution in [0, 0.1) is 0 Å². The fraction of sp³-hybridized carbons (Fsp3) is 0.368. The van der Waals surface area contributed by atoms with Gasteiger partial charge in [0.2, 0.25) is 0 Å². The van der Waals surface area contributed by atoms with Crippen molar-refractivity contribution in [1.82, 2.24) is 0 Å². The molecule has 110 valence electrons. The molecule has 1 unspecified atom stereocenters. The molecule has 1 atom stereocenters. The molecular weight excluding hydrogens is 274 g/mol. The Morgan fingerprint density at radius 1 is 1.24 bits per heavy atom. The van der Waals surface area contributed by atoms with Gasteiger partial charge in [-0.15, -0.1) is 11.3 Å². The highest BCUT2D eigenvalue weighted by Gasteiger charge is 2.33. The van der Waals surface area contributed by atoms with Gasteiger partial charge in [-0.2, -0.15) is 0 Å². The van der Waals surface area contributed by atoms with Crippen molar-refractivity contribution < 1.29 is 0 Å². The predicted molar refractivity (Wildman–Crippen MR) is 95.2 cm³/mol. The Labute approximate surface area is 131 Å². The Balaban J connectivity index is 1.93. The normalized spacial score (nSPS) is 20.8. The van der Waals surface area contributed by atoms with E-state index >= 15 is 0 Å². The Morgan fingerprint density at radius 3 is 2.76 bits per heavy atom. The Bertz CT molecular complexity index is 652. The first kappa shape index (κ1) is 14.4. The summed E-state index contributed by atoms with van der Waals surface area (Å²) < 4.78 is 0. The molecule has 1 aromatic heterocycles. The smallest absolute Gasteiger partial charge is 0.0403 e. The van der Waals surface area contributed by atoms with E-state index in [0.717, 1.165) is 0 Å². The van der Waals surface area contributed by atoms with Crippen LogP contribution in [-0.2, 0) is 0 Å². The number of hydrogen-bond donors (Lipinski definition) is 0. The number of thiophene rings is 1. The van der Waals surface area contributed by atoms with E-state index in [1.165, 1.54) is 28.1 Å². The molecule has 1 nitrogen and oxygen atoms in total. The first-order chi connectivity index (χ1) is 9.97. The lowest BCUT2D eigenvalue weighted by molar-refractivity contribution is 0.395. The van der Waals surface area contributed by atoms with Crippen molar-refractivity contribution in [1.29, 1.82) is 0 Å². The van der Waals surface area contributed by atoms with E-state index in [-0.39, 0.29) is 5.54 Å². The van der Waals surface area contributed by atoms with E-state index in [0.29, 0.717) is 5.92 Å². The van der Waals surface area contributed by atoms with Crippen LogP contribution in [0.5, 0.6) is 0 Å². The van der Waals surface area contributed by atoms with Crippen LogP contribution in [0.25, 0.3) is 12.2 Å². The van der Waals surface area contributed by atoms with Gasteiger partial charge in [-0.3, -0.25) is 0 Å². The Kier molecular flexibility index (Phi) is 3.66. The van der Waals surface area contributed by atoms with E-state index in [4.69, 9.17) is 0 Å². The van der Waals surface area contributed by atoms with E-state index in [9.17, 15) is 0 Å². The molecule has 0 fully saturated rings. The fourth-order valence-corrected chi connectivity index (χ4v) is 3.88. The fourth-order valence-electron chi connectivity index (χ4n) is 3.26. The van der Waals surface area contributed by atoms with Gasteiger partial charge >= 0.3 is 0 Å². The number of hydrogen-bond acceptors (Lipinski definition) is 2. The van der Waals surface area contributed by atoms with Crippen LogP contribution in [0.1, 0.15) is 49.1 Å². The molecule has 1 aliphatic heterocycles. The minimum absolute atomic E-state index is 0.237. The second-order valence-corrected chi connectivity index (χ2v) is 7.62. The molecule has 0 saturated heterocycles. The Morgan fingerprint density at radius 2 is 2.05 bits per heavy atom. The van der Waals surface area contributed by atoms with Gasteiger partial charge in [0, 0.05) is 23.2 Å². The molecule has 2 heterocycles. The lowest BCUT2D eigenvalue weighted by Crippen LogP contribution is -2.45. The van der Waals surface area contributed by atoms with Crippen LogP contribution < -0.4 is 4.90 Å². The van der Waals surface area contributed by atoms with E-state index in [2.05, 4.69) is 80.6 Å². The summed E-state index contributed by atoms with van der Waals surface area (Å²) in [7, 11) is 2.21. The predicted octanol–water partition coefficient (Wildman–Crippen LogP) is 5.64. The molecule has 0 aliphatic carbocycles. The van der Waals surface area contributed by atoms with Crippen LogP contribution >= 0.6 is 11.3 Å². The molecule has 1 aromatic carbocycles. The van der Waals surface area contributed by atoms with Crippen molar-refractivity contribution in [2.75, 3.05) is 11.9 Å². The van der Waals surface area contributed by atoms with Gasteiger partial charge in [-0.25, -0.2) is 0 Å². The minimum atomic E-state index is 0.237. The lowest BCUT2D eigenvalue weighted by Gasteiger charge is -2.45. The molecule has 0 saturated carbocycles. The van der Waals surface area contributed by atoms with Gasteiger partial charge < -0.3 is 4.90 Å². The highest BCUT2D eigenvalue weighted by Crippen LogP contribution is 2.42. The standard InChI is InChI=1S/C19H23NS/c1-14-13-19(2,3)20(4)18-10-8-15(12-17(14)18)7-9-16-6-5-11-21-16/h5-12,14H,13H2,1-4H3. The third kappa shape index (κ3) is 2.77. The number of benzene rings is 1. The van der Waals surface area contributed by atoms with Crippen LogP contribution in [0.4, 0.5) is 5.69 Å². The summed E-state index contributed by atoms with van der Waals surface area (Å²) in [6.07, 6.45) is 5.63. The van der Waals surface area contributed by atoms with Crippen LogP contribution in [-0.4, -0.2) is 12.6 Å². The molecule has 2 heteroatoms. The third-order valence-corrected chi connectivity index (χ3v) is 5.48. The first-order valence-corrected chi connectivity index (χ1v) is 8.45. The maximum atomic E-state index is 2.43. The number of anilines is 1. The first-order valence-electron chi connectivity index (χ1n) is 7.57. The molecule has 0 N–H and O–H groups in total. The summed E-state index contributed by atoms with van der Waals surface area (Å²) in [5, 5.41) is 2.12. The van der Waals surface area contributed by atoms with E-state index in [1.807, 2.05) is 0 Å². The molecule has 0 amide bonds. The zero-order valence-electron chi connectivity index (χ0n) is 13.3. The van der Waals surface area contributed by atoms with Gasteiger partial charge in [0.25, 0.3) is 0 Å². The average molecular weight is 297 g/mol. The number of fused-ring (bicyclic) bond motifs is 1. The van der Waals surface area contributed by atoms with Gasteiger partial charge in [0.15, 0.2) is 0 Å². The van der Waals surface area contributed by atoms with Gasteiger partial charge in [0.05, 0.1) is 0 Å². The quantitative estimate of drug-likeness (QED) is 0.693. The monoisotopic (exact) mass is 297 g/mol. The van der Waals surface area contributed by atoms with E-state index < -0.39 is 0 Å². The van der Waals surface area contributed by atoms with Gasteiger partial charge in [-0.1, -0.05) is 25.1 Å². The summed E-state index contributed by atoms with van der Waals surface area (Å²) >= 11 is 1.78. The minimum Gasteiger partial charge on any atom is -0.369 e. The molecule has 21 heavy (non-hydrogen) atoms. The molecular formula is C19H23NS. The van der Waals surface area contributed by atoms with Crippen LogP contribution in [0.3, 0.4) is 0 Å². The summed E-state index contributed by atoms with van der Waals surface area (Å²) in [5.74, 6) is 0.612. The Hall–Kier alpha value is -1.54. The second kappa shape index (κ2) is 5.34. The maximum Gasteiger partial charge on any atom is 0.0403 e. The number of rotatable bonds is 2. The molecule has 0 spiro atoms. The highest BCUT2D eigenvalue weighted by atomic mass is 32.1. The summed E-state index contributed by atoms with van der Waals surface area (Å²) in [6, 6.07) is 11.1. The van der Waals surface area contributed by atoms with Crippen LogP contribution in [0.15, 0.2) is 35.7 Å².